The molecule has 1 saturated heterocycles. The molecule has 0 bridgehead atoms. The number of methoxy groups -OCH3 is 1. The van der Waals surface area contributed by atoms with Crippen molar-refractivity contribution in [3.8, 4) is 5.75 Å². The van der Waals surface area contributed by atoms with E-state index in [1.807, 2.05) is 31.7 Å². The van der Waals surface area contributed by atoms with Crippen LogP contribution < -0.4 is 4.74 Å². The van der Waals surface area contributed by atoms with Crippen molar-refractivity contribution in [1.29, 1.82) is 0 Å². The summed E-state index contributed by atoms with van der Waals surface area (Å²) >= 11 is 0. The van der Waals surface area contributed by atoms with Crippen LogP contribution in [-0.2, 0) is 10.2 Å². The van der Waals surface area contributed by atoms with Crippen molar-refractivity contribution in [1.82, 2.24) is 4.90 Å². The van der Waals surface area contributed by atoms with Crippen LogP contribution in [0.25, 0.3) is 6.08 Å². The van der Waals surface area contributed by atoms with Crippen LogP contribution in [0.3, 0.4) is 0 Å². The van der Waals surface area contributed by atoms with Crippen LogP contribution in [-0.4, -0.2) is 36.8 Å². The zero-order valence-electron chi connectivity index (χ0n) is 14.4. The van der Waals surface area contributed by atoms with Crippen molar-refractivity contribution in [2.75, 3.05) is 20.2 Å². The standard InChI is InChI=1S/C19H25NO3/c1-18(2,3)23-17(21)20-11-9-19(10-12-20)8-7-14-5-6-15(22-4)13-16(14)19/h5-8,13H,9-12H2,1-4H3. The first kappa shape index (κ1) is 15.9. The number of nitrogens with zero attached hydrogens (tertiary/aromatic N) is 1. The van der Waals surface area contributed by atoms with Crippen molar-refractivity contribution >= 4 is 12.2 Å². The smallest absolute Gasteiger partial charge is 0.410 e. The quantitative estimate of drug-likeness (QED) is 0.786. The molecule has 1 aliphatic heterocycles. The molecule has 0 unspecified atom stereocenters. The zero-order valence-corrected chi connectivity index (χ0v) is 14.4. The molecule has 1 fully saturated rings. The Hall–Kier alpha value is -1.97. The highest BCUT2D eigenvalue weighted by molar-refractivity contribution is 5.70. The fourth-order valence-electron chi connectivity index (χ4n) is 3.43. The third-order valence-corrected chi connectivity index (χ3v) is 4.69. The van der Waals surface area contributed by atoms with Crippen molar-refractivity contribution in [2.24, 2.45) is 0 Å². The number of benzene rings is 1. The molecule has 0 atom stereocenters. The molecule has 23 heavy (non-hydrogen) atoms. The largest absolute Gasteiger partial charge is 0.497 e. The SMILES string of the molecule is COc1ccc2c(c1)C1(C=C2)CCN(C(=O)OC(C)(C)C)CC1. The molecule has 124 valence electrons. The number of hydrogen-bond donors (Lipinski definition) is 0. The van der Waals surface area contributed by atoms with Crippen LogP contribution in [0.5, 0.6) is 5.75 Å². The highest BCUT2D eigenvalue weighted by Crippen LogP contribution is 2.45. The average Bonchev–Trinajstić information content (AvgIpc) is 2.84. The van der Waals surface area contributed by atoms with Gasteiger partial charge in [0.25, 0.3) is 0 Å². The molecule has 0 N–H and O–H groups in total. The van der Waals surface area contributed by atoms with Gasteiger partial charge < -0.3 is 14.4 Å². The third-order valence-electron chi connectivity index (χ3n) is 4.69. The summed E-state index contributed by atoms with van der Waals surface area (Å²) in [5.74, 6) is 0.890. The van der Waals surface area contributed by atoms with E-state index in [4.69, 9.17) is 9.47 Å². The average molecular weight is 315 g/mol. The molecule has 0 radical (unpaired) electrons. The third kappa shape index (κ3) is 3.07. The number of fused-ring (bicyclic) bond motifs is 2. The van der Waals surface area contributed by atoms with Gasteiger partial charge in [-0.15, -0.1) is 0 Å². The Bertz CT molecular complexity index is 635. The van der Waals surface area contributed by atoms with Crippen LogP contribution in [0.2, 0.25) is 0 Å². The summed E-state index contributed by atoms with van der Waals surface area (Å²) in [5.41, 5.74) is 2.17. The van der Waals surface area contributed by atoms with Gasteiger partial charge in [-0.25, -0.2) is 4.79 Å². The van der Waals surface area contributed by atoms with Crippen LogP contribution in [0.1, 0.15) is 44.7 Å². The number of carbonyl (C=O) groups excluding carboxylic acids is 1. The fraction of sp³-hybridized carbons (Fsp3) is 0.526. The molecule has 1 aliphatic carbocycles. The minimum atomic E-state index is -0.445. The lowest BCUT2D eigenvalue weighted by molar-refractivity contribution is 0.0184. The first-order valence-electron chi connectivity index (χ1n) is 8.19. The minimum absolute atomic E-state index is 0.0301. The predicted molar refractivity (Wildman–Crippen MR) is 90.7 cm³/mol. The number of hydrogen-bond acceptors (Lipinski definition) is 3. The minimum Gasteiger partial charge on any atom is -0.497 e. The lowest BCUT2D eigenvalue weighted by Gasteiger charge is -2.39. The molecule has 1 aromatic carbocycles. The molecule has 1 aromatic rings. The molecule has 1 spiro atoms. The van der Waals surface area contributed by atoms with Gasteiger partial charge in [-0.2, -0.15) is 0 Å². The second kappa shape index (κ2) is 5.59. The van der Waals surface area contributed by atoms with Crippen molar-refractivity contribution < 1.29 is 14.3 Å². The van der Waals surface area contributed by atoms with Crippen molar-refractivity contribution in [3.63, 3.8) is 0 Å². The van der Waals surface area contributed by atoms with Gasteiger partial charge in [-0.3, -0.25) is 0 Å². The van der Waals surface area contributed by atoms with E-state index in [0.717, 1.165) is 31.7 Å². The van der Waals surface area contributed by atoms with Gasteiger partial charge in [0.1, 0.15) is 11.4 Å². The van der Waals surface area contributed by atoms with Gasteiger partial charge in [0, 0.05) is 18.5 Å². The number of allylic oxidation sites excluding steroid dienone is 1. The van der Waals surface area contributed by atoms with Gasteiger partial charge in [0.15, 0.2) is 0 Å². The Balaban J connectivity index is 1.73. The molecule has 1 heterocycles. The molecule has 3 rings (SSSR count). The van der Waals surface area contributed by atoms with E-state index in [2.05, 4.69) is 24.3 Å². The Morgan fingerprint density at radius 3 is 2.52 bits per heavy atom. The van der Waals surface area contributed by atoms with E-state index in [9.17, 15) is 4.79 Å². The summed E-state index contributed by atoms with van der Waals surface area (Å²) in [4.78, 5) is 14.1. The van der Waals surface area contributed by atoms with Crippen LogP contribution >= 0.6 is 0 Å². The summed E-state index contributed by atoms with van der Waals surface area (Å²) < 4.78 is 10.9. The molecule has 4 nitrogen and oxygen atoms in total. The monoisotopic (exact) mass is 315 g/mol. The highest BCUT2D eigenvalue weighted by Gasteiger charge is 2.40. The van der Waals surface area contributed by atoms with Crippen LogP contribution in [0.4, 0.5) is 4.79 Å². The number of amides is 1. The van der Waals surface area contributed by atoms with Gasteiger partial charge in [0.2, 0.25) is 0 Å². The predicted octanol–water partition coefficient (Wildman–Crippen LogP) is 3.99. The van der Waals surface area contributed by atoms with Gasteiger partial charge in [-0.1, -0.05) is 18.2 Å². The van der Waals surface area contributed by atoms with Gasteiger partial charge in [0.05, 0.1) is 7.11 Å². The molecular weight excluding hydrogens is 290 g/mol. The van der Waals surface area contributed by atoms with E-state index < -0.39 is 5.60 Å². The van der Waals surface area contributed by atoms with E-state index in [1.165, 1.54) is 11.1 Å². The highest BCUT2D eigenvalue weighted by atomic mass is 16.6. The second-order valence-corrected chi connectivity index (χ2v) is 7.41. The molecule has 0 saturated carbocycles. The normalized spacial score (nSPS) is 18.9. The van der Waals surface area contributed by atoms with Crippen LogP contribution in [0, 0.1) is 0 Å². The summed E-state index contributed by atoms with van der Waals surface area (Å²) in [7, 11) is 1.70. The van der Waals surface area contributed by atoms with E-state index in [1.54, 1.807) is 7.11 Å². The number of rotatable bonds is 1. The molecule has 4 heteroatoms. The lowest BCUT2D eigenvalue weighted by Crippen LogP contribution is -2.45. The first-order valence-corrected chi connectivity index (χ1v) is 8.19. The summed E-state index contributed by atoms with van der Waals surface area (Å²) in [6.07, 6.45) is 6.12. The maximum Gasteiger partial charge on any atom is 0.410 e. The maximum absolute atomic E-state index is 12.2. The first-order chi connectivity index (χ1) is 10.8. The van der Waals surface area contributed by atoms with E-state index in [-0.39, 0.29) is 11.5 Å². The summed E-state index contributed by atoms with van der Waals surface area (Å²) in [6, 6.07) is 6.25. The fourth-order valence-corrected chi connectivity index (χ4v) is 3.43. The maximum atomic E-state index is 12.2. The lowest BCUT2D eigenvalue weighted by atomic mass is 9.74. The molecular formula is C19H25NO3. The zero-order chi connectivity index (χ0) is 16.7. The van der Waals surface area contributed by atoms with Gasteiger partial charge in [-0.05, 0) is 56.9 Å². The number of carbonyl (C=O) groups is 1. The van der Waals surface area contributed by atoms with Crippen molar-refractivity contribution in [3.05, 3.63) is 35.4 Å². The molecule has 1 amide bonds. The number of likely N-dealkylation sites (tertiary alicyclic amines) is 1. The van der Waals surface area contributed by atoms with E-state index >= 15 is 0 Å². The molecule has 2 aliphatic rings. The summed E-state index contributed by atoms with van der Waals surface area (Å²) in [6.45, 7) is 7.14. The topological polar surface area (TPSA) is 38.8 Å². The van der Waals surface area contributed by atoms with Gasteiger partial charge >= 0.3 is 6.09 Å². The molecule has 0 aromatic heterocycles. The Labute approximate surface area is 138 Å². The van der Waals surface area contributed by atoms with Crippen LogP contribution in [0.15, 0.2) is 24.3 Å². The summed E-state index contributed by atoms with van der Waals surface area (Å²) in [5, 5.41) is 0. The Kier molecular flexibility index (Phi) is 3.86. The number of piperidine rings is 1. The second-order valence-electron chi connectivity index (χ2n) is 7.41. The van der Waals surface area contributed by atoms with E-state index in [0.29, 0.717) is 0 Å². The van der Waals surface area contributed by atoms with Crippen molar-refractivity contribution in [2.45, 2.75) is 44.6 Å². The number of ether oxygens (including phenoxy) is 2. The Morgan fingerprint density at radius 1 is 1.22 bits per heavy atom. The Morgan fingerprint density at radius 2 is 1.91 bits per heavy atom.